The molecule has 0 aliphatic rings. The number of benzene rings is 1. The fraction of sp³-hybridized carbons (Fsp3) is 0.467. The number of hydrogen-bond donors (Lipinski definition) is 2. The summed E-state index contributed by atoms with van der Waals surface area (Å²) in [6, 6.07) is 4.63. The highest BCUT2D eigenvalue weighted by molar-refractivity contribution is 9.10. The third kappa shape index (κ3) is 4.96. The Morgan fingerprint density at radius 2 is 1.90 bits per heavy atom. The van der Waals surface area contributed by atoms with Gasteiger partial charge in [0.15, 0.2) is 0 Å². The summed E-state index contributed by atoms with van der Waals surface area (Å²) >= 11 is 3.24. The van der Waals surface area contributed by atoms with E-state index in [1.807, 2.05) is 6.92 Å². The average molecular weight is 342 g/mol. The van der Waals surface area contributed by atoms with Crippen molar-refractivity contribution in [3.63, 3.8) is 0 Å². The molecule has 20 heavy (non-hydrogen) atoms. The van der Waals surface area contributed by atoms with Gasteiger partial charge >= 0.3 is 5.97 Å². The molecular formula is C15H20BrNO3. The second kappa shape index (κ2) is 6.39. The molecule has 0 radical (unpaired) electrons. The van der Waals surface area contributed by atoms with E-state index in [1.165, 1.54) is 12.1 Å². The molecule has 0 spiro atoms. The average Bonchev–Trinajstić information content (AvgIpc) is 2.26. The van der Waals surface area contributed by atoms with Gasteiger partial charge in [0.25, 0.3) is 0 Å². The maximum Gasteiger partial charge on any atom is 0.335 e. The topological polar surface area (TPSA) is 66.4 Å². The largest absolute Gasteiger partial charge is 0.478 e. The predicted octanol–water partition coefficient (Wildman–Crippen LogP) is 4.16. The second-order valence-corrected chi connectivity index (χ2v) is 6.97. The van der Waals surface area contributed by atoms with Crippen LogP contribution in [0.4, 0.5) is 5.69 Å². The van der Waals surface area contributed by atoms with Crippen molar-refractivity contribution in [2.24, 2.45) is 11.3 Å². The Morgan fingerprint density at radius 1 is 1.30 bits per heavy atom. The fourth-order valence-electron chi connectivity index (χ4n) is 1.58. The van der Waals surface area contributed by atoms with E-state index in [2.05, 4.69) is 42.0 Å². The first-order valence-corrected chi connectivity index (χ1v) is 7.22. The van der Waals surface area contributed by atoms with Crippen LogP contribution in [0.3, 0.4) is 0 Å². The van der Waals surface area contributed by atoms with Crippen molar-refractivity contribution >= 4 is 33.5 Å². The van der Waals surface area contributed by atoms with Crippen LogP contribution >= 0.6 is 15.9 Å². The number of carboxylic acids is 1. The van der Waals surface area contributed by atoms with Crippen molar-refractivity contribution in [1.82, 2.24) is 0 Å². The molecule has 1 aromatic carbocycles. The van der Waals surface area contributed by atoms with Crippen molar-refractivity contribution in [3.8, 4) is 0 Å². The molecular weight excluding hydrogens is 322 g/mol. The van der Waals surface area contributed by atoms with Crippen LogP contribution in [0.1, 0.15) is 44.5 Å². The molecule has 110 valence electrons. The van der Waals surface area contributed by atoms with Crippen molar-refractivity contribution in [1.29, 1.82) is 0 Å². The van der Waals surface area contributed by atoms with Crippen molar-refractivity contribution in [2.75, 3.05) is 5.32 Å². The van der Waals surface area contributed by atoms with Gasteiger partial charge in [0.2, 0.25) is 5.91 Å². The molecule has 2 N–H and O–H groups in total. The molecule has 4 nitrogen and oxygen atoms in total. The summed E-state index contributed by atoms with van der Waals surface area (Å²) in [5.74, 6) is -0.902. The van der Waals surface area contributed by atoms with Crippen LogP contribution in [0.5, 0.6) is 0 Å². The van der Waals surface area contributed by atoms with E-state index in [1.54, 1.807) is 6.07 Å². The number of carbonyl (C=O) groups excluding carboxylic acids is 1. The van der Waals surface area contributed by atoms with Gasteiger partial charge in [0.1, 0.15) is 0 Å². The summed E-state index contributed by atoms with van der Waals surface area (Å²) < 4.78 is 0.622. The molecule has 0 aliphatic carbocycles. The molecule has 0 bridgehead atoms. The van der Waals surface area contributed by atoms with Crippen LogP contribution in [-0.4, -0.2) is 17.0 Å². The zero-order chi connectivity index (χ0) is 15.5. The lowest BCUT2D eigenvalue weighted by Crippen LogP contribution is -2.24. The minimum absolute atomic E-state index is 0.0564. The summed E-state index contributed by atoms with van der Waals surface area (Å²) in [5.41, 5.74) is 0.683. The number of hydrogen-bond acceptors (Lipinski definition) is 2. The number of amides is 1. The lowest BCUT2D eigenvalue weighted by atomic mass is 9.80. The van der Waals surface area contributed by atoms with Crippen molar-refractivity contribution in [2.45, 2.75) is 34.1 Å². The minimum Gasteiger partial charge on any atom is -0.478 e. The van der Waals surface area contributed by atoms with E-state index in [0.29, 0.717) is 16.6 Å². The zero-order valence-electron chi connectivity index (χ0n) is 12.2. The van der Waals surface area contributed by atoms with E-state index >= 15 is 0 Å². The number of carboxylic acid groups (broad SMARTS) is 1. The smallest absolute Gasteiger partial charge is 0.335 e. The number of aromatic carboxylic acids is 1. The Morgan fingerprint density at radius 3 is 2.40 bits per heavy atom. The van der Waals surface area contributed by atoms with Gasteiger partial charge in [-0.2, -0.15) is 0 Å². The predicted molar refractivity (Wildman–Crippen MR) is 83.0 cm³/mol. The molecule has 1 atom stereocenters. The van der Waals surface area contributed by atoms with Crippen LogP contribution < -0.4 is 5.32 Å². The molecule has 1 unspecified atom stereocenters. The first-order valence-electron chi connectivity index (χ1n) is 6.43. The molecule has 0 aliphatic heterocycles. The molecule has 0 fully saturated rings. The third-order valence-electron chi connectivity index (χ3n) is 3.40. The first kappa shape index (κ1) is 16.7. The summed E-state index contributed by atoms with van der Waals surface area (Å²) in [6.07, 6.45) is 0.401. The monoisotopic (exact) mass is 341 g/mol. The maximum absolute atomic E-state index is 12.0. The number of anilines is 1. The Labute approximate surface area is 127 Å². The molecule has 0 heterocycles. The maximum atomic E-state index is 12.0. The highest BCUT2D eigenvalue weighted by Crippen LogP contribution is 2.28. The zero-order valence-corrected chi connectivity index (χ0v) is 13.7. The Bertz CT molecular complexity index is 520. The highest BCUT2D eigenvalue weighted by atomic mass is 79.9. The highest BCUT2D eigenvalue weighted by Gasteiger charge is 2.22. The normalized spacial score (nSPS) is 12.8. The van der Waals surface area contributed by atoms with E-state index in [0.717, 1.165) is 0 Å². The van der Waals surface area contributed by atoms with Gasteiger partial charge < -0.3 is 10.4 Å². The molecule has 5 heteroatoms. The van der Waals surface area contributed by atoms with Crippen molar-refractivity contribution < 1.29 is 14.7 Å². The number of rotatable bonds is 4. The van der Waals surface area contributed by atoms with Crippen LogP contribution in [0.25, 0.3) is 0 Å². The Kier molecular flexibility index (Phi) is 5.34. The summed E-state index contributed by atoms with van der Waals surface area (Å²) in [4.78, 5) is 23.0. The third-order valence-corrected chi connectivity index (χ3v) is 3.86. The summed E-state index contributed by atoms with van der Waals surface area (Å²) in [5, 5.41) is 11.7. The van der Waals surface area contributed by atoms with Gasteiger partial charge in [-0.3, -0.25) is 4.79 Å². The Hall–Kier alpha value is -1.36. The van der Waals surface area contributed by atoms with Crippen LogP contribution in [-0.2, 0) is 4.79 Å². The van der Waals surface area contributed by atoms with Crippen LogP contribution in [0, 0.1) is 11.3 Å². The van der Waals surface area contributed by atoms with Gasteiger partial charge in [0, 0.05) is 16.6 Å². The molecule has 0 saturated heterocycles. The van der Waals surface area contributed by atoms with Crippen LogP contribution in [0.15, 0.2) is 22.7 Å². The van der Waals surface area contributed by atoms with E-state index in [4.69, 9.17) is 5.11 Å². The molecule has 0 aromatic heterocycles. The summed E-state index contributed by atoms with van der Waals surface area (Å²) in [7, 11) is 0. The standard InChI is InChI=1S/C15H20BrNO3/c1-9(15(2,3)4)5-13(18)17-12-7-10(14(19)20)6-11(16)8-12/h6-9H,5H2,1-4H3,(H,17,18)(H,19,20). The molecule has 0 saturated carbocycles. The number of carbonyl (C=O) groups is 2. The quantitative estimate of drug-likeness (QED) is 0.863. The van der Waals surface area contributed by atoms with Gasteiger partial charge in [0.05, 0.1) is 5.56 Å². The second-order valence-electron chi connectivity index (χ2n) is 6.05. The van der Waals surface area contributed by atoms with Crippen molar-refractivity contribution in [3.05, 3.63) is 28.2 Å². The Balaban J connectivity index is 2.78. The lowest BCUT2D eigenvalue weighted by molar-refractivity contribution is -0.117. The minimum atomic E-state index is -1.02. The molecule has 1 rings (SSSR count). The number of halogens is 1. The lowest BCUT2D eigenvalue weighted by Gasteiger charge is -2.26. The fourth-order valence-corrected chi connectivity index (χ4v) is 2.07. The summed E-state index contributed by atoms with van der Waals surface area (Å²) in [6.45, 7) is 8.30. The molecule has 1 amide bonds. The van der Waals surface area contributed by atoms with E-state index in [9.17, 15) is 9.59 Å². The molecule has 1 aromatic rings. The van der Waals surface area contributed by atoms with Gasteiger partial charge in [-0.05, 0) is 29.5 Å². The van der Waals surface area contributed by atoms with Crippen LogP contribution in [0.2, 0.25) is 0 Å². The van der Waals surface area contributed by atoms with Gasteiger partial charge in [-0.25, -0.2) is 4.79 Å². The van der Waals surface area contributed by atoms with E-state index in [-0.39, 0.29) is 22.8 Å². The van der Waals surface area contributed by atoms with Gasteiger partial charge in [-0.1, -0.05) is 43.6 Å². The number of nitrogens with one attached hydrogen (secondary N) is 1. The SMILES string of the molecule is CC(CC(=O)Nc1cc(Br)cc(C(=O)O)c1)C(C)(C)C. The van der Waals surface area contributed by atoms with E-state index < -0.39 is 5.97 Å². The first-order chi connectivity index (χ1) is 9.09. The van der Waals surface area contributed by atoms with Gasteiger partial charge in [-0.15, -0.1) is 0 Å².